The minimum atomic E-state index is -2.87. The van der Waals surface area contributed by atoms with E-state index in [1.807, 2.05) is 41.0 Å². The monoisotopic (exact) mass is 454 g/mol. The smallest absolute Gasteiger partial charge is 0.251 e. The highest BCUT2D eigenvalue weighted by Gasteiger charge is 2.42. The van der Waals surface area contributed by atoms with Crippen molar-refractivity contribution < 1.29 is 18.6 Å². The quantitative estimate of drug-likeness (QED) is 0.411. The molecule has 1 fully saturated rings. The Morgan fingerprint density at radius 2 is 2.06 bits per heavy atom. The second-order valence-corrected chi connectivity index (χ2v) is 8.31. The fourth-order valence-corrected chi connectivity index (χ4v) is 4.60. The zero-order valence-electron chi connectivity index (χ0n) is 17.8. The summed E-state index contributed by atoms with van der Waals surface area (Å²) in [7, 11) is 0. The van der Waals surface area contributed by atoms with E-state index in [0.717, 1.165) is 5.56 Å². The van der Waals surface area contributed by atoms with Crippen LogP contribution in [0.1, 0.15) is 25.3 Å². The molecule has 0 bridgehead atoms. The van der Waals surface area contributed by atoms with E-state index in [0.29, 0.717) is 40.4 Å². The third-order valence-electron chi connectivity index (χ3n) is 5.87. The van der Waals surface area contributed by atoms with Crippen LogP contribution in [0.25, 0.3) is 33.8 Å². The molecule has 33 heavy (non-hydrogen) atoms. The summed E-state index contributed by atoms with van der Waals surface area (Å²) >= 11 is 0. The van der Waals surface area contributed by atoms with Crippen molar-refractivity contribution in [2.24, 2.45) is 5.73 Å². The van der Waals surface area contributed by atoms with E-state index in [4.69, 9.17) is 15.5 Å². The lowest BCUT2D eigenvalue weighted by Crippen LogP contribution is -2.40. The van der Waals surface area contributed by atoms with E-state index in [1.54, 1.807) is 6.07 Å². The second-order valence-electron chi connectivity index (χ2n) is 8.31. The van der Waals surface area contributed by atoms with E-state index >= 15 is 0 Å². The van der Waals surface area contributed by atoms with Crippen molar-refractivity contribution in [1.82, 2.24) is 24.7 Å². The van der Waals surface area contributed by atoms with Crippen LogP contribution in [-0.4, -0.2) is 55.0 Å². The van der Waals surface area contributed by atoms with Gasteiger partial charge >= 0.3 is 0 Å². The molecule has 2 atom stereocenters. The summed E-state index contributed by atoms with van der Waals surface area (Å²) in [5.74, 6) is -1.34. The van der Waals surface area contributed by atoms with Gasteiger partial charge in [0.1, 0.15) is 24.5 Å². The number of alkyl halides is 2. The molecule has 2 aromatic carbocycles. The van der Waals surface area contributed by atoms with Crippen LogP contribution < -0.4 is 10.5 Å². The van der Waals surface area contributed by atoms with Crippen LogP contribution in [0.2, 0.25) is 0 Å². The number of benzene rings is 2. The largest absolute Gasteiger partial charge is 0.490 e. The Labute approximate surface area is 188 Å². The number of halogens is 2. The van der Waals surface area contributed by atoms with E-state index in [1.165, 1.54) is 6.33 Å². The van der Waals surface area contributed by atoms with E-state index < -0.39 is 18.0 Å². The fourth-order valence-electron chi connectivity index (χ4n) is 4.60. The molecule has 0 spiro atoms. The van der Waals surface area contributed by atoms with Crippen molar-refractivity contribution >= 4 is 11.0 Å². The molecule has 0 amide bonds. The first-order valence-corrected chi connectivity index (χ1v) is 10.8. The number of aromatic amines is 1. The molecule has 0 radical (unpaired) electrons. The maximum atomic E-state index is 14.6. The van der Waals surface area contributed by atoms with Crippen LogP contribution in [0, 0.1) is 0 Å². The summed E-state index contributed by atoms with van der Waals surface area (Å²) in [6.45, 7) is -0.0347. The Morgan fingerprint density at radius 1 is 1.21 bits per heavy atom. The third kappa shape index (κ3) is 4.19. The molecule has 10 heteroatoms. The van der Waals surface area contributed by atoms with Gasteiger partial charge < -0.3 is 20.1 Å². The number of ether oxygens (including phenoxy) is 1. The highest BCUT2D eigenvalue weighted by molar-refractivity contribution is 5.85. The van der Waals surface area contributed by atoms with Crippen molar-refractivity contribution in [1.29, 1.82) is 0 Å². The summed E-state index contributed by atoms with van der Waals surface area (Å²) < 4.78 is 36.7. The SMILES string of the molecule is NC1CC(n2c(-c3ccccc3OCCO)nc3ccc(-c4nc[nH]n4)cc32)CC(F)(F)C1. The summed E-state index contributed by atoms with van der Waals surface area (Å²) in [6.07, 6.45) is 1.23. The normalized spacial score (nSPS) is 20.2. The molecule has 5 rings (SSSR count). The zero-order valence-corrected chi connectivity index (χ0v) is 17.8. The summed E-state index contributed by atoms with van der Waals surface area (Å²) in [5, 5.41) is 16.0. The molecular weight excluding hydrogens is 430 g/mol. The predicted molar refractivity (Wildman–Crippen MR) is 119 cm³/mol. The first kappa shape index (κ1) is 21.5. The lowest BCUT2D eigenvalue weighted by atomic mass is 9.88. The number of hydrogen-bond donors (Lipinski definition) is 3. The van der Waals surface area contributed by atoms with E-state index in [9.17, 15) is 13.9 Å². The Hall–Kier alpha value is -3.37. The molecule has 4 N–H and O–H groups in total. The van der Waals surface area contributed by atoms with Crippen molar-refractivity contribution in [2.75, 3.05) is 13.2 Å². The number of fused-ring (bicyclic) bond motifs is 1. The lowest BCUT2D eigenvalue weighted by molar-refractivity contribution is -0.0550. The molecule has 2 heterocycles. The number of aliphatic hydroxyl groups is 1. The Morgan fingerprint density at radius 3 is 2.82 bits per heavy atom. The van der Waals surface area contributed by atoms with Crippen LogP contribution in [0.4, 0.5) is 8.78 Å². The van der Waals surface area contributed by atoms with Crippen LogP contribution in [0.3, 0.4) is 0 Å². The molecular formula is C23H24F2N6O2. The Bertz CT molecular complexity index is 1260. The molecule has 2 unspecified atom stereocenters. The molecule has 0 saturated heterocycles. The molecule has 1 aliphatic carbocycles. The topological polar surface area (TPSA) is 115 Å². The second kappa shape index (κ2) is 8.53. The molecule has 1 aliphatic rings. The van der Waals surface area contributed by atoms with Gasteiger partial charge in [0.25, 0.3) is 5.92 Å². The predicted octanol–water partition coefficient (Wildman–Crippen LogP) is 3.55. The lowest BCUT2D eigenvalue weighted by Gasteiger charge is -2.34. The van der Waals surface area contributed by atoms with Gasteiger partial charge in [0.15, 0.2) is 5.82 Å². The maximum absolute atomic E-state index is 14.6. The third-order valence-corrected chi connectivity index (χ3v) is 5.87. The minimum Gasteiger partial charge on any atom is -0.490 e. The number of para-hydroxylation sites is 1. The maximum Gasteiger partial charge on any atom is 0.251 e. The van der Waals surface area contributed by atoms with Crippen LogP contribution in [-0.2, 0) is 0 Å². The number of aromatic nitrogens is 5. The van der Waals surface area contributed by atoms with Gasteiger partial charge in [0.2, 0.25) is 0 Å². The van der Waals surface area contributed by atoms with Gasteiger partial charge in [0.05, 0.1) is 23.2 Å². The highest BCUT2D eigenvalue weighted by atomic mass is 19.3. The number of nitrogens with two attached hydrogens (primary N) is 1. The van der Waals surface area contributed by atoms with Crippen molar-refractivity contribution in [3.05, 3.63) is 48.8 Å². The van der Waals surface area contributed by atoms with Crippen LogP contribution in [0.5, 0.6) is 5.75 Å². The number of nitrogens with zero attached hydrogens (tertiary/aromatic N) is 4. The highest BCUT2D eigenvalue weighted by Crippen LogP contribution is 2.43. The van der Waals surface area contributed by atoms with Crippen molar-refractivity contribution in [3.8, 4) is 28.5 Å². The number of rotatable bonds is 6. The molecule has 8 nitrogen and oxygen atoms in total. The van der Waals surface area contributed by atoms with Gasteiger partial charge in [-0.3, -0.25) is 5.10 Å². The Balaban J connectivity index is 1.72. The number of H-pyrrole nitrogens is 1. The zero-order chi connectivity index (χ0) is 23.0. The van der Waals surface area contributed by atoms with Gasteiger partial charge in [0, 0.05) is 30.5 Å². The first-order chi connectivity index (χ1) is 15.9. The fraction of sp³-hybridized carbons (Fsp3) is 0.348. The number of hydrogen-bond acceptors (Lipinski definition) is 6. The van der Waals surface area contributed by atoms with Crippen LogP contribution >= 0.6 is 0 Å². The standard InChI is InChI=1S/C23H24F2N6O2/c24-23(25)11-15(26)10-16(12-23)31-19-9-14(21-27-13-28-30-21)5-6-18(19)29-22(31)17-3-1-2-4-20(17)33-8-7-32/h1-6,9,13,15-16,32H,7-8,10-12,26H2,(H,27,28,30). The van der Waals surface area contributed by atoms with Crippen molar-refractivity contribution in [2.45, 2.75) is 37.3 Å². The van der Waals surface area contributed by atoms with Crippen LogP contribution in [0.15, 0.2) is 48.8 Å². The summed E-state index contributed by atoms with van der Waals surface area (Å²) in [4.78, 5) is 9.01. The molecule has 1 saturated carbocycles. The molecule has 172 valence electrons. The molecule has 4 aromatic rings. The minimum absolute atomic E-state index is 0.110. The number of aliphatic hydroxyl groups excluding tert-OH is 1. The number of imidazole rings is 1. The van der Waals surface area contributed by atoms with Gasteiger partial charge in [-0.15, -0.1) is 0 Å². The Kier molecular flexibility index (Phi) is 5.55. The van der Waals surface area contributed by atoms with Gasteiger partial charge in [-0.2, -0.15) is 5.10 Å². The summed E-state index contributed by atoms with van der Waals surface area (Å²) in [6, 6.07) is 11.6. The van der Waals surface area contributed by atoms with Gasteiger partial charge in [-0.25, -0.2) is 18.7 Å². The van der Waals surface area contributed by atoms with Gasteiger partial charge in [-0.05, 0) is 36.8 Å². The van der Waals surface area contributed by atoms with E-state index in [2.05, 4.69) is 15.2 Å². The summed E-state index contributed by atoms with van der Waals surface area (Å²) in [5.41, 5.74) is 8.80. The molecule has 2 aromatic heterocycles. The van der Waals surface area contributed by atoms with Gasteiger partial charge in [-0.1, -0.05) is 12.1 Å². The molecule has 0 aliphatic heterocycles. The first-order valence-electron chi connectivity index (χ1n) is 10.8. The van der Waals surface area contributed by atoms with Crippen molar-refractivity contribution in [3.63, 3.8) is 0 Å². The number of nitrogens with one attached hydrogen (secondary N) is 1. The average molecular weight is 454 g/mol. The van der Waals surface area contributed by atoms with E-state index in [-0.39, 0.29) is 26.1 Å². The average Bonchev–Trinajstić information content (AvgIpc) is 3.44.